The van der Waals surface area contributed by atoms with E-state index in [0.717, 1.165) is 0 Å². The Morgan fingerprint density at radius 1 is 1.00 bits per heavy atom. The molecule has 0 amide bonds. The van der Waals surface area contributed by atoms with Crippen LogP contribution in [0.5, 0.6) is 0 Å². The van der Waals surface area contributed by atoms with Crippen molar-refractivity contribution in [3.05, 3.63) is 47.5 Å². The van der Waals surface area contributed by atoms with Gasteiger partial charge < -0.3 is 5.73 Å². The molecule has 0 fully saturated rings. The van der Waals surface area contributed by atoms with E-state index in [2.05, 4.69) is 57.2 Å². The molecule has 1 heteroatoms. The summed E-state index contributed by atoms with van der Waals surface area (Å²) in [6.07, 6.45) is 0. The van der Waals surface area contributed by atoms with Crippen LogP contribution in [0.15, 0.2) is 36.4 Å². The fourth-order valence-corrected chi connectivity index (χ4v) is 2.37. The summed E-state index contributed by atoms with van der Waals surface area (Å²) >= 11 is 0. The Balaban J connectivity index is 2.84. The fraction of sp³-hybridized carbons (Fsp3) is 0.333. The van der Waals surface area contributed by atoms with Crippen LogP contribution >= 0.6 is 0 Å². The molecule has 0 saturated carbocycles. The molecule has 16 heavy (non-hydrogen) atoms. The third-order valence-corrected chi connectivity index (χ3v) is 2.99. The second kappa shape index (κ2) is 3.91. The predicted molar refractivity (Wildman–Crippen MR) is 70.5 cm³/mol. The molecular formula is C15H19N. The van der Waals surface area contributed by atoms with E-state index >= 15 is 0 Å². The summed E-state index contributed by atoms with van der Waals surface area (Å²) in [6.45, 7) is 7.34. The molecule has 2 aromatic carbocycles. The molecule has 0 atom stereocenters. The Hall–Kier alpha value is -1.34. The monoisotopic (exact) mass is 213 g/mol. The fourth-order valence-electron chi connectivity index (χ4n) is 2.37. The van der Waals surface area contributed by atoms with Gasteiger partial charge in [-0.15, -0.1) is 0 Å². The van der Waals surface area contributed by atoms with E-state index in [-0.39, 0.29) is 5.41 Å². The van der Waals surface area contributed by atoms with Crippen molar-refractivity contribution >= 4 is 10.8 Å². The van der Waals surface area contributed by atoms with Crippen LogP contribution in [0.2, 0.25) is 0 Å². The second-order valence-corrected chi connectivity index (χ2v) is 5.27. The van der Waals surface area contributed by atoms with E-state index in [1.165, 1.54) is 21.9 Å². The molecule has 0 heterocycles. The molecule has 0 bridgehead atoms. The lowest BCUT2D eigenvalue weighted by Gasteiger charge is -2.24. The zero-order valence-electron chi connectivity index (χ0n) is 10.2. The van der Waals surface area contributed by atoms with Gasteiger partial charge in [0.2, 0.25) is 0 Å². The number of benzene rings is 2. The standard InChI is InChI=1S/C15H19N/c1-15(2,3)14-12(10-16)9-8-11-6-4-5-7-13(11)14/h4-9H,10,16H2,1-3H3. The van der Waals surface area contributed by atoms with Crippen LogP contribution in [-0.4, -0.2) is 0 Å². The van der Waals surface area contributed by atoms with Gasteiger partial charge >= 0.3 is 0 Å². The minimum atomic E-state index is 0.134. The molecule has 0 saturated heterocycles. The van der Waals surface area contributed by atoms with Crippen LogP contribution in [0.1, 0.15) is 31.9 Å². The van der Waals surface area contributed by atoms with E-state index in [1.54, 1.807) is 0 Å². The summed E-state index contributed by atoms with van der Waals surface area (Å²) in [5.74, 6) is 0. The molecule has 0 aliphatic rings. The third-order valence-electron chi connectivity index (χ3n) is 2.99. The van der Waals surface area contributed by atoms with Gasteiger partial charge in [0.25, 0.3) is 0 Å². The number of fused-ring (bicyclic) bond motifs is 1. The Morgan fingerprint density at radius 2 is 1.69 bits per heavy atom. The van der Waals surface area contributed by atoms with E-state index in [4.69, 9.17) is 5.73 Å². The van der Waals surface area contributed by atoms with Crippen molar-refractivity contribution < 1.29 is 0 Å². The SMILES string of the molecule is CC(C)(C)c1c(CN)ccc2ccccc12. The van der Waals surface area contributed by atoms with Crippen molar-refractivity contribution in [3.8, 4) is 0 Å². The maximum atomic E-state index is 5.84. The van der Waals surface area contributed by atoms with Crippen LogP contribution < -0.4 is 5.73 Å². The van der Waals surface area contributed by atoms with Crippen molar-refractivity contribution in [1.82, 2.24) is 0 Å². The van der Waals surface area contributed by atoms with E-state index in [1.807, 2.05) is 0 Å². The Morgan fingerprint density at radius 3 is 2.31 bits per heavy atom. The van der Waals surface area contributed by atoms with Crippen molar-refractivity contribution in [3.63, 3.8) is 0 Å². The lowest BCUT2D eigenvalue weighted by molar-refractivity contribution is 0.588. The van der Waals surface area contributed by atoms with Crippen molar-refractivity contribution in [2.45, 2.75) is 32.7 Å². The van der Waals surface area contributed by atoms with Gasteiger partial charge in [-0.05, 0) is 27.3 Å². The summed E-state index contributed by atoms with van der Waals surface area (Å²) in [5, 5.41) is 2.63. The summed E-state index contributed by atoms with van der Waals surface area (Å²) in [6, 6.07) is 12.8. The van der Waals surface area contributed by atoms with E-state index in [9.17, 15) is 0 Å². The Kier molecular flexibility index (Phi) is 2.73. The van der Waals surface area contributed by atoms with Crippen LogP contribution in [0.25, 0.3) is 10.8 Å². The minimum Gasteiger partial charge on any atom is -0.326 e. The molecular weight excluding hydrogens is 194 g/mol. The normalized spacial score (nSPS) is 12.0. The van der Waals surface area contributed by atoms with Gasteiger partial charge in [0, 0.05) is 6.54 Å². The number of hydrogen-bond donors (Lipinski definition) is 1. The average Bonchev–Trinajstić information content (AvgIpc) is 2.26. The number of rotatable bonds is 1. The van der Waals surface area contributed by atoms with Gasteiger partial charge in [-0.25, -0.2) is 0 Å². The third kappa shape index (κ3) is 1.83. The second-order valence-electron chi connectivity index (χ2n) is 5.27. The molecule has 1 nitrogen and oxygen atoms in total. The zero-order valence-corrected chi connectivity index (χ0v) is 10.2. The van der Waals surface area contributed by atoms with Crippen molar-refractivity contribution in [1.29, 1.82) is 0 Å². The molecule has 0 radical (unpaired) electrons. The molecule has 2 aromatic rings. The number of hydrogen-bond acceptors (Lipinski definition) is 1. The largest absolute Gasteiger partial charge is 0.326 e. The molecule has 0 spiro atoms. The summed E-state index contributed by atoms with van der Waals surface area (Å²) < 4.78 is 0. The predicted octanol–water partition coefficient (Wildman–Crippen LogP) is 3.60. The van der Waals surface area contributed by atoms with Gasteiger partial charge in [-0.3, -0.25) is 0 Å². The lowest BCUT2D eigenvalue weighted by atomic mass is 9.80. The molecule has 84 valence electrons. The summed E-state index contributed by atoms with van der Waals surface area (Å²) in [5.41, 5.74) is 8.61. The Bertz CT molecular complexity index is 506. The van der Waals surface area contributed by atoms with Crippen LogP contribution in [0.3, 0.4) is 0 Å². The zero-order chi connectivity index (χ0) is 11.8. The molecule has 0 aliphatic heterocycles. The first-order chi connectivity index (χ1) is 7.54. The van der Waals surface area contributed by atoms with Gasteiger partial charge in [0.15, 0.2) is 0 Å². The first kappa shape index (κ1) is 11.2. The Labute approximate surface area is 97.3 Å². The van der Waals surface area contributed by atoms with E-state index < -0.39 is 0 Å². The highest BCUT2D eigenvalue weighted by Gasteiger charge is 2.19. The average molecular weight is 213 g/mol. The summed E-state index contributed by atoms with van der Waals surface area (Å²) in [7, 11) is 0. The highest BCUT2D eigenvalue weighted by Crippen LogP contribution is 2.32. The summed E-state index contributed by atoms with van der Waals surface area (Å²) in [4.78, 5) is 0. The van der Waals surface area contributed by atoms with Gasteiger partial charge in [-0.1, -0.05) is 57.2 Å². The smallest absolute Gasteiger partial charge is 0.0181 e. The van der Waals surface area contributed by atoms with Gasteiger partial charge in [-0.2, -0.15) is 0 Å². The highest BCUT2D eigenvalue weighted by atomic mass is 14.5. The maximum Gasteiger partial charge on any atom is 0.0181 e. The van der Waals surface area contributed by atoms with Crippen molar-refractivity contribution in [2.24, 2.45) is 5.73 Å². The lowest BCUT2D eigenvalue weighted by Crippen LogP contribution is -2.16. The molecule has 0 aromatic heterocycles. The van der Waals surface area contributed by atoms with Gasteiger partial charge in [0.05, 0.1) is 0 Å². The highest BCUT2D eigenvalue weighted by molar-refractivity contribution is 5.87. The quantitative estimate of drug-likeness (QED) is 0.769. The van der Waals surface area contributed by atoms with Gasteiger partial charge in [0.1, 0.15) is 0 Å². The first-order valence-corrected chi connectivity index (χ1v) is 5.75. The maximum absolute atomic E-state index is 5.84. The van der Waals surface area contributed by atoms with Crippen LogP contribution in [-0.2, 0) is 12.0 Å². The minimum absolute atomic E-state index is 0.134. The molecule has 0 aliphatic carbocycles. The number of nitrogens with two attached hydrogens (primary N) is 1. The topological polar surface area (TPSA) is 26.0 Å². The molecule has 0 unspecified atom stereocenters. The molecule has 2 N–H and O–H groups in total. The van der Waals surface area contributed by atoms with Crippen LogP contribution in [0.4, 0.5) is 0 Å². The molecule has 2 rings (SSSR count). The van der Waals surface area contributed by atoms with Crippen LogP contribution in [0, 0.1) is 0 Å². The van der Waals surface area contributed by atoms with E-state index in [0.29, 0.717) is 6.54 Å². The first-order valence-electron chi connectivity index (χ1n) is 5.75. The van der Waals surface area contributed by atoms with Crippen molar-refractivity contribution in [2.75, 3.05) is 0 Å².